The lowest BCUT2D eigenvalue weighted by atomic mass is 9.89. The first-order valence-electron chi connectivity index (χ1n) is 8.60. The van der Waals surface area contributed by atoms with Gasteiger partial charge in [-0.05, 0) is 50.4 Å². The van der Waals surface area contributed by atoms with Gasteiger partial charge < -0.3 is 10.2 Å². The van der Waals surface area contributed by atoms with Crippen molar-refractivity contribution in [1.82, 2.24) is 10.2 Å². The van der Waals surface area contributed by atoms with Crippen LogP contribution in [-0.2, 0) is 13.1 Å². The van der Waals surface area contributed by atoms with Gasteiger partial charge in [0.05, 0.1) is 0 Å². The number of thiophene rings is 1. The van der Waals surface area contributed by atoms with Gasteiger partial charge in [-0.15, -0.1) is 11.3 Å². The lowest BCUT2D eigenvalue weighted by Gasteiger charge is -2.26. The summed E-state index contributed by atoms with van der Waals surface area (Å²) in [7, 11) is 2.28. The molecule has 1 aromatic rings. The maximum Gasteiger partial charge on any atom is 0.0325 e. The number of nitrogens with zero attached hydrogens (tertiary/aromatic N) is 1. The SMILES string of the molecule is CC(C)CNCc1ccc(CN(C)CC2CCCCC2)s1. The van der Waals surface area contributed by atoms with E-state index in [9.17, 15) is 0 Å². The van der Waals surface area contributed by atoms with Crippen LogP contribution < -0.4 is 5.32 Å². The Kier molecular flexibility index (Phi) is 7.21. The molecule has 1 aliphatic rings. The Balaban J connectivity index is 1.70. The Morgan fingerprint density at radius 1 is 1.19 bits per heavy atom. The topological polar surface area (TPSA) is 15.3 Å². The zero-order valence-electron chi connectivity index (χ0n) is 14.0. The van der Waals surface area contributed by atoms with Crippen molar-refractivity contribution in [1.29, 1.82) is 0 Å². The van der Waals surface area contributed by atoms with Gasteiger partial charge >= 0.3 is 0 Å². The molecule has 2 nitrogen and oxygen atoms in total. The molecule has 0 radical (unpaired) electrons. The molecule has 0 aliphatic heterocycles. The van der Waals surface area contributed by atoms with Gasteiger partial charge in [0.2, 0.25) is 0 Å². The van der Waals surface area contributed by atoms with E-state index in [1.54, 1.807) is 0 Å². The van der Waals surface area contributed by atoms with Crippen molar-refractivity contribution < 1.29 is 0 Å². The Morgan fingerprint density at radius 3 is 2.62 bits per heavy atom. The predicted molar refractivity (Wildman–Crippen MR) is 93.8 cm³/mol. The van der Waals surface area contributed by atoms with E-state index in [1.807, 2.05) is 11.3 Å². The Morgan fingerprint density at radius 2 is 1.90 bits per heavy atom. The molecule has 0 aromatic carbocycles. The Labute approximate surface area is 134 Å². The fourth-order valence-electron chi connectivity index (χ4n) is 3.23. The number of nitrogens with one attached hydrogen (secondary N) is 1. The summed E-state index contributed by atoms with van der Waals surface area (Å²) >= 11 is 1.97. The summed E-state index contributed by atoms with van der Waals surface area (Å²) < 4.78 is 0. The van der Waals surface area contributed by atoms with E-state index in [0.29, 0.717) is 0 Å². The van der Waals surface area contributed by atoms with Crippen molar-refractivity contribution in [2.75, 3.05) is 20.1 Å². The molecule has 0 saturated heterocycles. The lowest BCUT2D eigenvalue weighted by molar-refractivity contribution is 0.229. The number of hydrogen-bond acceptors (Lipinski definition) is 3. The smallest absolute Gasteiger partial charge is 0.0325 e. The summed E-state index contributed by atoms with van der Waals surface area (Å²) in [5, 5.41) is 3.53. The Bertz CT molecular complexity index is 394. The van der Waals surface area contributed by atoms with Crippen molar-refractivity contribution in [2.24, 2.45) is 11.8 Å². The van der Waals surface area contributed by atoms with Gasteiger partial charge in [0.1, 0.15) is 0 Å². The van der Waals surface area contributed by atoms with E-state index in [4.69, 9.17) is 0 Å². The van der Waals surface area contributed by atoms with Crippen LogP contribution >= 0.6 is 11.3 Å². The third-order valence-corrected chi connectivity index (χ3v) is 5.36. The molecule has 120 valence electrons. The molecule has 0 spiro atoms. The number of rotatable bonds is 8. The van der Waals surface area contributed by atoms with Gasteiger partial charge in [0.25, 0.3) is 0 Å². The zero-order valence-corrected chi connectivity index (χ0v) is 14.8. The zero-order chi connectivity index (χ0) is 15.1. The second-order valence-electron chi connectivity index (χ2n) is 7.09. The average molecular weight is 309 g/mol. The number of hydrogen-bond donors (Lipinski definition) is 1. The molecule has 0 bridgehead atoms. The molecule has 2 rings (SSSR count). The molecular formula is C18H32N2S. The highest BCUT2D eigenvalue weighted by atomic mass is 32.1. The fourth-order valence-corrected chi connectivity index (χ4v) is 4.30. The van der Waals surface area contributed by atoms with Crippen LogP contribution in [0.3, 0.4) is 0 Å². The fraction of sp³-hybridized carbons (Fsp3) is 0.778. The van der Waals surface area contributed by atoms with E-state index in [2.05, 4.69) is 43.2 Å². The van der Waals surface area contributed by atoms with Gasteiger partial charge in [-0.1, -0.05) is 33.1 Å². The highest BCUT2D eigenvalue weighted by Crippen LogP contribution is 2.25. The summed E-state index contributed by atoms with van der Waals surface area (Å²) in [5.41, 5.74) is 0. The molecule has 1 N–H and O–H groups in total. The van der Waals surface area contributed by atoms with E-state index >= 15 is 0 Å². The van der Waals surface area contributed by atoms with Gasteiger partial charge in [-0.2, -0.15) is 0 Å². The summed E-state index contributed by atoms with van der Waals surface area (Å²) in [4.78, 5) is 5.50. The highest BCUT2D eigenvalue weighted by Gasteiger charge is 2.15. The normalized spacial score (nSPS) is 17.0. The van der Waals surface area contributed by atoms with E-state index < -0.39 is 0 Å². The van der Waals surface area contributed by atoms with Gasteiger partial charge in [-0.3, -0.25) is 0 Å². The first-order valence-corrected chi connectivity index (χ1v) is 9.42. The monoisotopic (exact) mass is 308 g/mol. The third kappa shape index (κ3) is 6.50. The van der Waals surface area contributed by atoms with Crippen LogP contribution in [0, 0.1) is 11.8 Å². The van der Waals surface area contributed by atoms with E-state index in [-0.39, 0.29) is 0 Å². The van der Waals surface area contributed by atoms with Crippen molar-refractivity contribution in [3.8, 4) is 0 Å². The van der Waals surface area contributed by atoms with Crippen LogP contribution in [0.25, 0.3) is 0 Å². The average Bonchev–Trinajstić information content (AvgIpc) is 2.86. The van der Waals surface area contributed by atoms with E-state index in [1.165, 1.54) is 48.4 Å². The molecule has 0 amide bonds. The predicted octanol–water partition coefficient (Wildman–Crippen LogP) is 4.51. The summed E-state index contributed by atoms with van der Waals surface area (Å²) in [5.74, 6) is 1.67. The molecule has 0 unspecified atom stereocenters. The van der Waals surface area contributed by atoms with Crippen LogP contribution in [0.15, 0.2) is 12.1 Å². The quantitative estimate of drug-likeness (QED) is 0.760. The lowest BCUT2D eigenvalue weighted by Crippen LogP contribution is -2.26. The van der Waals surface area contributed by atoms with Crippen LogP contribution in [0.5, 0.6) is 0 Å². The minimum Gasteiger partial charge on any atom is -0.312 e. The third-order valence-electron chi connectivity index (χ3n) is 4.29. The maximum atomic E-state index is 3.53. The maximum absolute atomic E-state index is 3.53. The van der Waals surface area contributed by atoms with Crippen LogP contribution in [0.4, 0.5) is 0 Å². The first kappa shape index (κ1) is 17.0. The van der Waals surface area contributed by atoms with E-state index in [0.717, 1.165) is 31.5 Å². The molecule has 3 heteroatoms. The molecule has 1 aliphatic carbocycles. The molecule has 21 heavy (non-hydrogen) atoms. The van der Waals surface area contributed by atoms with Gasteiger partial charge in [-0.25, -0.2) is 0 Å². The second kappa shape index (κ2) is 8.92. The van der Waals surface area contributed by atoms with Gasteiger partial charge in [0, 0.05) is 29.4 Å². The second-order valence-corrected chi connectivity index (χ2v) is 8.35. The molecule has 0 atom stereocenters. The van der Waals surface area contributed by atoms with Crippen LogP contribution in [0.1, 0.15) is 55.7 Å². The first-order chi connectivity index (χ1) is 10.1. The molecule has 1 heterocycles. The van der Waals surface area contributed by atoms with Crippen molar-refractivity contribution in [2.45, 2.75) is 59.0 Å². The standard InChI is InChI=1S/C18H32N2S/c1-15(2)11-19-12-17-9-10-18(21-17)14-20(3)13-16-7-5-4-6-8-16/h9-10,15-16,19H,4-8,11-14H2,1-3H3. The summed E-state index contributed by atoms with van der Waals surface area (Å²) in [6, 6.07) is 4.61. The highest BCUT2D eigenvalue weighted by molar-refractivity contribution is 7.11. The Hall–Kier alpha value is -0.380. The largest absolute Gasteiger partial charge is 0.312 e. The summed E-state index contributed by atoms with van der Waals surface area (Å²) in [6.45, 7) is 9.04. The van der Waals surface area contributed by atoms with Crippen molar-refractivity contribution in [3.05, 3.63) is 21.9 Å². The minimum absolute atomic E-state index is 0.728. The molecule has 1 aromatic heterocycles. The summed E-state index contributed by atoms with van der Waals surface area (Å²) in [6.07, 6.45) is 7.24. The van der Waals surface area contributed by atoms with Gasteiger partial charge in [0.15, 0.2) is 0 Å². The van der Waals surface area contributed by atoms with Crippen molar-refractivity contribution >= 4 is 11.3 Å². The minimum atomic E-state index is 0.728. The molecule has 1 saturated carbocycles. The molecular weight excluding hydrogens is 276 g/mol. The van der Waals surface area contributed by atoms with Crippen LogP contribution in [-0.4, -0.2) is 25.0 Å². The van der Waals surface area contributed by atoms with Crippen molar-refractivity contribution in [3.63, 3.8) is 0 Å². The molecule has 1 fully saturated rings. The van der Waals surface area contributed by atoms with Crippen LogP contribution in [0.2, 0.25) is 0 Å².